The molecule has 0 amide bonds. The summed E-state index contributed by atoms with van der Waals surface area (Å²) in [4.78, 5) is 7.62. The highest BCUT2D eigenvalue weighted by Gasteiger charge is 2.53. The van der Waals surface area contributed by atoms with Crippen molar-refractivity contribution in [3.05, 3.63) is 28.7 Å². The van der Waals surface area contributed by atoms with Gasteiger partial charge in [0.15, 0.2) is 5.54 Å². The van der Waals surface area contributed by atoms with Gasteiger partial charge in [0.1, 0.15) is 5.69 Å². The van der Waals surface area contributed by atoms with Gasteiger partial charge in [-0.15, -0.1) is 0 Å². The summed E-state index contributed by atoms with van der Waals surface area (Å²) in [5, 5.41) is 3.47. The molecule has 0 bridgehead atoms. The summed E-state index contributed by atoms with van der Waals surface area (Å²) in [7, 11) is 0. The Hall–Kier alpha value is -1.48. The van der Waals surface area contributed by atoms with E-state index in [1.807, 2.05) is 0 Å². The van der Waals surface area contributed by atoms with Crippen LogP contribution in [0.5, 0.6) is 0 Å². The molecule has 0 aliphatic rings. The Morgan fingerprint density at radius 1 is 1.37 bits per heavy atom. The summed E-state index contributed by atoms with van der Waals surface area (Å²) in [5.41, 5.74) is 2.76. The first-order valence-corrected chi connectivity index (χ1v) is 5.83. The van der Waals surface area contributed by atoms with Crippen molar-refractivity contribution in [2.45, 2.75) is 18.6 Å². The molecule has 2 N–H and O–H groups in total. The Bertz CT molecular complexity index is 596. The standard InChI is InChI=1S/C10H8BrF3N4O/c1-9(15,10(12,13)14)8-17-7(18-19-8)6-5(11)3-2-4-16-6/h2-4H,15H2,1H3. The molecule has 0 radical (unpaired) electrons. The number of nitrogens with zero attached hydrogens (tertiary/aromatic N) is 3. The second-order valence-corrected chi connectivity index (χ2v) is 4.81. The van der Waals surface area contributed by atoms with Crippen LogP contribution < -0.4 is 5.73 Å². The molecule has 102 valence electrons. The molecule has 0 aromatic carbocycles. The first kappa shape index (κ1) is 13.9. The van der Waals surface area contributed by atoms with Gasteiger partial charge in [0.05, 0.1) is 0 Å². The fraction of sp³-hybridized carbons (Fsp3) is 0.300. The van der Waals surface area contributed by atoms with E-state index in [1.165, 1.54) is 6.20 Å². The second-order valence-electron chi connectivity index (χ2n) is 3.96. The smallest absolute Gasteiger partial charge is 0.336 e. The quantitative estimate of drug-likeness (QED) is 0.912. The maximum Gasteiger partial charge on any atom is 0.415 e. The van der Waals surface area contributed by atoms with Crippen molar-refractivity contribution in [1.29, 1.82) is 0 Å². The molecule has 2 aromatic heterocycles. The number of halogens is 4. The fourth-order valence-electron chi connectivity index (χ4n) is 1.20. The number of nitrogens with two attached hydrogens (primary N) is 1. The van der Waals surface area contributed by atoms with Crippen molar-refractivity contribution in [1.82, 2.24) is 15.1 Å². The van der Waals surface area contributed by atoms with Gasteiger partial charge >= 0.3 is 6.18 Å². The maximum atomic E-state index is 12.7. The molecule has 0 saturated carbocycles. The Balaban J connectivity index is 2.43. The molecular formula is C10H8BrF3N4O. The van der Waals surface area contributed by atoms with Crippen molar-refractivity contribution in [3.63, 3.8) is 0 Å². The molecule has 0 aliphatic carbocycles. The maximum absolute atomic E-state index is 12.7. The van der Waals surface area contributed by atoms with Gasteiger partial charge in [0, 0.05) is 10.7 Å². The molecule has 2 aromatic rings. The Labute approximate surface area is 114 Å². The lowest BCUT2D eigenvalue weighted by atomic mass is 10.0. The summed E-state index contributed by atoms with van der Waals surface area (Å²) < 4.78 is 43.3. The molecule has 9 heteroatoms. The normalized spacial score (nSPS) is 15.3. The first-order chi connectivity index (χ1) is 8.73. The highest BCUT2D eigenvalue weighted by molar-refractivity contribution is 9.10. The SMILES string of the molecule is CC(N)(c1nc(-c2ncccc2Br)no1)C(F)(F)F. The van der Waals surface area contributed by atoms with Gasteiger partial charge in [-0.3, -0.25) is 4.98 Å². The summed E-state index contributed by atoms with van der Waals surface area (Å²) in [6.45, 7) is 0.762. The van der Waals surface area contributed by atoms with E-state index >= 15 is 0 Å². The molecule has 0 spiro atoms. The minimum atomic E-state index is -4.70. The third-order valence-corrected chi connectivity index (χ3v) is 3.07. The van der Waals surface area contributed by atoms with Gasteiger partial charge in [-0.25, -0.2) is 0 Å². The molecule has 19 heavy (non-hydrogen) atoms. The topological polar surface area (TPSA) is 77.8 Å². The minimum absolute atomic E-state index is 0.0663. The molecule has 5 nitrogen and oxygen atoms in total. The van der Waals surface area contributed by atoms with Crippen LogP contribution in [0.2, 0.25) is 0 Å². The van der Waals surface area contributed by atoms with Gasteiger partial charge < -0.3 is 10.3 Å². The van der Waals surface area contributed by atoms with Crippen molar-refractivity contribution >= 4 is 15.9 Å². The molecule has 1 atom stereocenters. The molecule has 2 rings (SSSR count). The highest BCUT2D eigenvalue weighted by Crippen LogP contribution is 2.36. The van der Waals surface area contributed by atoms with Crippen LogP contribution in [0.1, 0.15) is 12.8 Å². The lowest BCUT2D eigenvalue weighted by Crippen LogP contribution is -2.48. The van der Waals surface area contributed by atoms with Crippen LogP contribution in [0, 0.1) is 0 Å². The van der Waals surface area contributed by atoms with E-state index in [0.29, 0.717) is 4.47 Å². The zero-order valence-electron chi connectivity index (χ0n) is 9.57. The number of pyridine rings is 1. The number of hydrogen-bond donors (Lipinski definition) is 1. The van der Waals surface area contributed by atoms with E-state index in [1.54, 1.807) is 12.1 Å². The van der Waals surface area contributed by atoms with Crippen LogP contribution >= 0.6 is 15.9 Å². The third kappa shape index (κ3) is 2.47. The van der Waals surface area contributed by atoms with E-state index in [9.17, 15) is 13.2 Å². The molecule has 2 heterocycles. The molecule has 0 saturated heterocycles. The van der Waals surface area contributed by atoms with Crippen molar-refractivity contribution < 1.29 is 17.7 Å². The van der Waals surface area contributed by atoms with Crippen LogP contribution in [0.4, 0.5) is 13.2 Å². The van der Waals surface area contributed by atoms with E-state index in [-0.39, 0.29) is 11.5 Å². The average Bonchev–Trinajstić information content (AvgIpc) is 2.77. The monoisotopic (exact) mass is 336 g/mol. The van der Waals surface area contributed by atoms with Gasteiger partial charge in [-0.2, -0.15) is 18.2 Å². The summed E-state index contributed by atoms with van der Waals surface area (Å²) in [6.07, 6.45) is -3.24. The average molecular weight is 337 g/mol. The van der Waals surface area contributed by atoms with Crippen LogP contribution in [0.25, 0.3) is 11.5 Å². The number of alkyl halides is 3. The van der Waals surface area contributed by atoms with Crippen molar-refractivity contribution in [2.75, 3.05) is 0 Å². The predicted octanol–water partition coefficient (Wildman–Crippen LogP) is 2.63. The van der Waals surface area contributed by atoms with E-state index in [0.717, 1.165) is 6.92 Å². The third-order valence-electron chi connectivity index (χ3n) is 2.43. The highest BCUT2D eigenvalue weighted by atomic mass is 79.9. The largest absolute Gasteiger partial charge is 0.415 e. The lowest BCUT2D eigenvalue weighted by molar-refractivity contribution is -0.190. The minimum Gasteiger partial charge on any atom is -0.336 e. The zero-order chi connectivity index (χ0) is 14.3. The molecule has 0 aliphatic heterocycles. The number of aromatic nitrogens is 3. The van der Waals surface area contributed by atoms with Gasteiger partial charge in [0.25, 0.3) is 5.89 Å². The van der Waals surface area contributed by atoms with Crippen LogP contribution in [0.3, 0.4) is 0 Å². The van der Waals surface area contributed by atoms with Crippen LogP contribution in [0.15, 0.2) is 27.3 Å². The van der Waals surface area contributed by atoms with Crippen LogP contribution in [-0.4, -0.2) is 21.3 Å². The predicted molar refractivity (Wildman–Crippen MR) is 62.8 cm³/mol. The summed E-state index contributed by atoms with van der Waals surface area (Å²) in [5.74, 6) is -0.782. The van der Waals surface area contributed by atoms with Crippen molar-refractivity contribution in [3.8, 4) is 11.5 Å². The Morgan fingerprint density at radius 2 is 2.05 bits per heavy atom. The van der Waals surface area contributed by atoms with Gasteiger partial charge in [-0.05, 0) is 35.0 Å². The second kappa shape index (κ2) is 4.57. The summed E-state index contributed by atoms with van der Waals surface area (Å²) >= 11 is 3.19. The fourth-order valence-corrected chi connectivity index (χ4v) is 1.63. The van der Waals surface area contributed by atoms with Gasteiger partial charge in [0.2, 0.25) is 5.82 Å². The van der Waals surface area contributed by atoms with Crippen LogP contribution in [-0.2, 0) is 5.54 Å². The number of hydrogen-bond acceptors (Lipinski definition) is 5. The number of rotatable bonds is 2. The van der Waals surface area contributed by atoms with Crippen molar-refractivity contribution in [2.24, 2.45) is 5.73 Å². The Kier molecular flexibility index (Phi) is 3.35. The Morgan fingerprint density at radius 3 is 2.63 bits per heavy atom. The summed E-state index contributed by atoms with van der Waals surface area (Å²) in [6, 6.07) is 3.31. The van der Waals surface area contributed by atoms with E-state index in [2.05, 4.69) is 35.6 Å². The van der Waals surface area contributed by atoms with E-state index in [4.69, 9.17) is 5.73 Å². The molecule has 1 unspecified atom stereocenters. The lowest BCUT2D eigenvalue weighted by Gasteiger charge is -2.22. The van der Waals surface area contributed by atoms with E-state index < -0.39 is 17.6 Å². The first-order valence-electron chi connectivity index (χ1n) is 5.04. The zero-order valence-corrected chi connectivity index (χ0v) is 11.2. The molecular weight excluding hydrogens is 329 g/mol. The molecule has 0 fully saturated rings. The van der Waals surface area contributed by atoms with Gasteiger partial charge in [-0.1, -0.05) is 5.16 Å².